The van der Waals surface area contributed by atoms with Crippen molar-refractivity contribution in [2.24, 2.45) is 7.05 Å². The standard InChI is InChI=1S/C26H19BrFN5O3/c1-15-13-23(34)33(21-8-3-16(27)14-20(21)28)31-24(15)26(35)30-17-4-6-18(7-5-17)36-22-9-11-29-25-19(22)10-12-32(25)2/h3-14H,1-2H3,(H,30,35). The zero-order valence-corrected chi connectivity index (χ0v) is 20.8. The van der Waals surface area contributed by atoms with Gasteiger partial charge in [0.05, 0.1) is 5.39 Å². The Morgan fingerprint density at radius 1 is 1.08 bits per heavy atom. The highest BCUT2D eigenvalue weighted by Crippen LogP contribution is 2.29. The minimum Gasteiger partial charge on any atom is -0.457 e. The third kappa shape index (κ3) is 4.50. The predicted octanol–water partition coefficient (Wildman–Crippen LogP) is 5.37. The Hall–Kier alpha value is -4.31. The van der Waals surface area contributed by atoms with Crippen molar-refractivity contribution in [3.05, 3.63) is 105 Å². The zero-order valence-electron chi connectivity index (χ0n) is 19.2. The molecule has 5 aromatic rings. The van der Waals surface area contributed by atoms with Gasteiger partial charge in [0, 0.05) is 35.7 Å². The Labute approximate surface area is 213 Å². The quantitative estimate of drug-likeness (QED) is 0.319. The SMILES string of the molecule is Cc1cc(=O)n(-c2ccc(Br)cc2F)nc1C(=O)Nc1ccc(Oc2ccnc3c2ccn3C)cc1. The van der Waals surface area contributed by atoms with Crippen molar-refractivity contribution in [2.45, 2.75) is 6.92 Å². The van der Waals surface area contributed by atoms with E-state index in [0.717, 1.165) is 15.7 Å². The highest BCUT2D eigenvalue weighted by atomic mass is 79.9. The summed E-state index contributed by atoms with van der Waals surface area (Å²) in [6.07, 6.45) is 3.59. The summed E-state index contributed by atoms with van der Waals surface area (Å²) in [6, 6.07) is 16.0. The summed E-state index contributed by atoms with van der Waals surface area (Å²) >= 11 is 3.18. The summed E-state index contributed by atoms with van der Waals surface area (Å²) in [5.41, 5.74) is 1.08. The molecule has 180 valence electrons. The van der Waals surface area contributed by atoms with Gasteiger partial charge in [-0.2, -0.15) is 9.78 Å². The van der Waals surface area contributed by atoms with Crippen LogP contribution in [0.15, 0.2) is 82.3 Å². The van der Waals surface area contributed by atoms with Crippen molar-refractivity contribution in [3.8, 4) is 17.2 Å². The molecule has 10 heteroatoms. The maximum atomic E-state index is 14.4. The van der Waals surface area contributed by atoms with E-state index in [2.05, 4.69) is 31.3 Å². The van der Waals surface area contributed by atoms with E-state index in [1.54, 1.807) is 49.5 Å². The number of carbonyl (C=O) groups excluding carboxylic acids is 1. The van der Waals surface area contributed by atoms with Gasteiger partial charge in [-0.05, 0) is 67.1 Å². The Balaban J connectivity index is 1.37. The first kappa shape index (κ1) is 23.4. The Kier molecular flexibility index (Phi) is 6.11. The molecule has 36 heavy (non-hydrogen) atoms. The van der Waals surface area contributed by atoms with Crippen LogP contribution in [0.25, 0.3) is 16.7 Å². The maximum absolute atomic E-state index is 14.4. The summed E-state index contributed by atoms with van der Waals surface area (Å²) in [5.74, 6) is 0.0666. The van der Waals surface area contributed by atoms with Crippen molar-refractivity contribution >= 4 is 38.6 Å². The average molecular weight is 548 g/mol. The number of benzene rings is 2. The largest absolute Gasteiger partial charge is 0.457 e. The molecule has 0 unspecified atom stereocenters. The van der Waals surface area contributed by atoms with Crippen LogP contribution < -0.4 is 15.6 Å². The first-order valence-corrected chi connectivity index (χ1v) is 11.6. The minimum absolute atomic E-state index is 0.000464. The first-order chi connectivity index (χ1) is 17.3. The maximum Gasteiger partial charge on any atom is 0.276 e. The summed E-state index contributed by atoms with van der Waals surface area (Å²) in [4.78, 5) is 29.8. The monoisotopic (exact) mass is 547 g/mol. The Morgan fingerprint density at radius 2 is 1.86 bits per heavy atom. The van der Waals surface area contributed by atoms with Crippen LogP contribution in [0.5, 0.6) is 11.5 Å². The summed E-state index contributed by atoms with van der Waals surface area (Å²) in [6.45, 7) is 1.60. The summed E-state index contributed by atoms with van der Waals surface area (Å²) < 4.78 is 23.7. The third-order valence-corrected chi connectivity index (χ3v) is 6.04. The Bertz CT molecular complexity index is 1680. The fraction of sp³-hybridized carbons (Fsp3) is 0.0769. The number of fused-ring (bicyclic) bond motifs is 1. The molecule has 8 nitrogen and oxygen atoms in total. The lowest BCUT2D eigenvalue weighted by atomic mass is 10.2. The molecule has 0 saturated carbocycles. The smallest absolute Gasteiger partial charge is 0.276 e. The molecule has 0 spiro atoms. The summed E-state index contributed by atoms with van der Waals surface area (Å²) in [5, 5.41) is 7.78. The molecule has 3 heterocycles. The number of hydrogen-bond acceptors (Lipinski definition) is 5. The molecule has 5 rings (SSSR count). The molecule has 0 bridgehead atoms. The van der Waals surface area contributed by atoms with Crippen LogP contribution in [0.1, 0.15) is 16.1 Å². The number of carbonyl (C=O) groups is 1. The number of halogens is 2. The number of rotatable bonds is 5. The topological polar surface area (TPSA) is 91.0 Å². The number of aromatic nitrogens is 4. The van der Waals surface area contributed by atoms with Crippen LogP contribution in [0, 0.1) is 12.7 Å². The predicted molar refractivity (Wildman–Crippen MR) is 137 cm³/mol. The second kappa shape index (κ2) is 9.38. The van der Waals surface area contributed by atoms with Crippen molar-refractivity contribution in [3.63, 3.8) is 0 Å². The number of anilines is 1. The molecule has 0 atom stereocenters. The number of nitrogens with zero attached hydrogens (tertiary/aromatic N) is 4. The second-order valence-electron chi connectivity index (χ2n) is 8.08. The van der Waals surface area contributed by atoms with E-state index in [9.17, 15) is 14.0 Å². The van der Waals surface area contributed by atoms with Gasteiger partial charge in [0.15, 0.2) is 5.69 Å². The van der Waals surface area contributed by atoms with Gasteiger partial charge < -0.3 is 14.6 Å². The van der Waals surface area contributed by atoms with E-state index in [-0.39, 0.29) is 11.4 Å². The molecule has 0 aliphatic carbocycles. The molecule has 0 radical (unpaired) electrons. The fourth-order valence-corrected chi connectivity index (χ4v) is 4.08. The van der Waals surface area contributed by atoms with Crippen molar-refractivity contribution < 1.29 is 13.9 Å². The lowest BCUT2D eigenvalue weighted by Crippen LogP contribution is -2.27. The van der Waals surface area contributed by atoms with E-state index in [1.807, 2.05) is 23.9 Å². The van der Waals surface area contributed by atoms with Gasteiger partial charge in [0.25, 0.3) is 11.5 Å². The van der Waals surface area contributed by atoms with E-state index in [0.29, 0.717) is 27.2 Å². The van der Waals surface area contributed by atoms with Crippen LogP contribution in [0.2, 0.25) is 0 Å². The van der Waals surface area contributed by atoms with E-state index < -0.39 is 17.3 Å². The van der Waals surface area contributed by atoms with Crippen LogP contribution in [0.4, 0.5) is 10.1 Å². The van der Waals surface area contributed by atoms with E-state index in [1.165, 1.54) is 18.2 Å². The van der Waals surface area contributed by atoms with Crippen molar-refractivity contribution in [2.75, 3.05) is 5.32 Å². The van der Waals surface area contributed by atoms with Crippen LogP contribution >= 0.6 is 15.9 Å². The molecule has 1 N–H and O–H groups in total. The molecular formula is C26H19BrFN5O3. The minimum atomic E-state index is -0.647. The van der Waals surface area contributed by atoms with E-state index >= 15 is 0 Å². The highest BCUT2D eigenvalue weighted by molar-refractivity contribution is 9.10. The van der Waals surface area contributed by atoms with Crippen molar-refractivity contribution in [1.82, 2.24) is 19.3 Å². The van der Waals surface area contributed by atoms with Crippen LogP contribution in [-0.4, -0.2) is 25.2 Å². The first-order valence-electron chi connectivity index (χ1n) is 10.9. The molecule has 3 aromatic heterocycles. The van der Waals surface area contributed by atoms with Crippen LogP contribution in [-0.2, 0) is 7.05 Å². The molecule has 0 aliphatic rings. The van der Waals surface area contributed by atoms with Gasteiger partial charge in [-0.15, -0.1) is 0 Å². The van der Waals surface area contributed by atoms with Gasteiger partial charge in [0.2, 0.25) is 0 Å². The number of pyridine rings is 1. The Morgan fingerprint density at radius 3 is 2.61 bits per heavy atom. The number of nitrogens with one attached hydrogen (secondary N) is 1. The lowest BCUT2D eigenvalue weighted by Gasteiger charge is -2.12. The molecule has 2 aromatic carbocycles. The number of hydrogen-bond donors (Lipinski definition) is 1. The average Bonchev–Trinajstić information content (AvgIpc) is 3.23. The zero-order chi connectivity index (χ0) is 25.4. The number of ether oxygens (including phenoxy) is 1. The molecular weight excluding hydrogens is 529 g/mol. The van der Waals surface area contributed by atoms with Gasteiger partial charge in [-0.1, -0.05) is 15.9 Å². The fourth-order valence-electron chi connectivity index (χ4n) is 3.75. The molecule has 1 amide bonds. The van der Waals surface area contributed by atoms with Gasteiger partial charge >= 0.3 is 0 Å². The number of aryl methyl sites for hydroxylation is 2. The molecule has 0 aliphatic heterocycles. The van der Waals surface area contributed by atoms with Gasteiger partial charge in [-0.3, -0.25) is 9.59 Å². The second-order valence-corrected chi connectivity index (χ2v) is 8.99. The summed E-state index contributed by atoms with van der Waals surface area (Å²) in [7, 11) is 1.91. The van der Waals surface area contributed by atoms with E-state index in [4.69, 9.17) is 4.74 Å². The van der Waals surface area contributed by atoms with Crippen LogP contribution in [0.3, 0.4) is 0 Å². The van der Waals surface area contributed by atoms with Gasteiger partial charge in [0.1, 0.15) is 28.7 Å². The lowest BCUT2D eigenvalue weighted by molar-refractivity contribution is 0.102. The highest BCUT2D eigenvalue weighted by Gasteiger charge is 2.17. The van der Waals surface area contributed by atoms with Gasteiger partial charge in [-0.25, -0.2) is 9.37 Å². The molecule has 0 fully saturated rings. The third-order valence-electron chi connectivity index (χ3n) is 5.54. The normalized spacial score (nSPS) is 11.0. The van der Waals surface area contributed by atoms with Crippen molar-refractivity contribution in [1.29, 1.82) is 0 Å². The molecule has 0 saturated heterocycles. The number of amides is 1.